The van der Waals surface area contributed by atoms with E-state index in [4.69, 9.17) is 4.74 Å². The molecule has 3 aromatic carbocycles. The first kappa shape index (κ1) is 23.5. The summed E-state index contributed by atoms with van der Waals surface area (Å²) < 4.78 is 20.8. The van der Waals surface area contributed by atoms with Crippen LogP contribution in [-0.2, 0) is 17.9 Å². The molecule has 34 heavy (non-hydrogen) atoms. The molecule has 1 heterocycles. The number of rotatable bonds is 9. The minimum atomic E-state index is -0.408. The summed E-state index contributed by atoms with van der Waals surface area (Å²) in [6.07, 6.45) is 0. The number of benzene rings is 3. The lowest BCUT2D eigenvalue weighted by Crippen LogP contribution is -2.30. The van der Waals surface area contributed by atoms with Crippen molar-refractivity contribution >= 4 is 17.7 Å². The van der Waals surface area contributed by atoms with Crippen molar-refractivity contribution in [2.24, 2.45) is 0 Å². The number of amides is 1. The minimum Gasteiger partial charge on any atom is -0.496 e. The van der Waals surface area contributed by atoms with E-state index < -0.39 is 5.25 Å². The third-order valence-electron chi connectivity index (χ3n) is 5.30. The summed E-state index contributed by atoms with van der Waals surface area (Å²) in [5, 5.41) is 11.9. The van der Waals surface area contributed by atoms with Gasteiger partial charge in [0.25, 0.3) is 0 Å². The summed E-state index contributed by atoms with van der Waals surface area (Å²) in [5.74, 6) is 0.920. The van der Waals surface area contributed by atoms with Gasteiger partial charge in [0.1, 0.15) is 11.6 Å². The quantitative estimate of drug-likeness (QED) is 0.347. The van der Waals surface area contributed by atoms with Gasteiger partial charge in [-0.15, -0.1) is 10.2 Å². The van der Waals surface area contributed by atoms with Gasteiger partial charge in [0.05, 0.1) is 18.9 Å². The number of carbonyl (C=O) groups excluding carboxylic acids is 1. The summed E-state index contributed by atoms with van der Waals surface area (Å²) in [4.78, 5) is 12.8. The van der Waals surface area contributed by atoms with Crippen molar-refractivity contribution in [3.05, 3.63) is 95.8 Å². The van der Waals surface area contributed by atoms with Gasteiger partial charge in [0.2, 0.25) is 5.91 Å². The number of ether oxygens (including phenoxy) is 1. The van der Waals surface area contributed by atoms with Crippen LogP contribution in [0.3, 0.4) is 0 Å². The van der Waals surface area contributed by atoms with Crippen LogP contribution >= 0.6 is 11.8 Å². The molecule has 0 spiro atoms. The number of hydrogen-bond donors (Lipinski definition) is 1. The topological polar surface area (TPSA) is 69.0 Å². The highest BCUT2D eigenvalue weighted by atomic mass is 32.2. The Morgan fingerprint density at radius 3 is 2.47 bits per heavy atom. The summed E-state index contributed by atoms with van der Waals surface area (Å²) in [7, 11) is 1.61. The van der Waals surface area contributed by atoms with Crippen molar-refractivity contribution < 1.29 is 13.9 Å². The number of para-hydroxylation sites is 1. The van der Waals surface area contributed by atoms with Crippen LogP contribution in [-0.4, -0.2) is 33.0 Å². The number of carbonyl (C=O) groups is 1. The normalized spacial score (nSPS) is 11.7. The number of methoxy groups -OCH3 is 1. The maximum Gasteiger partial charge on any atom is 0.233 e. The largest absolute Gasteiger partial charge is 0.496 e. The van der Waals surface area contributed by atoms with Crippen LogP contribution in [0.4, 0.5) is 4.39 Å². The number of halogens is 1. The Balaban J connectivity index is 1.53. The van der Waals surface area contributed by atoms with Crippen molar-refractivity contribution in [2.45, 2.75) is 30.4 Å². The fourth-order valence-corrected chi connectivity index (χ4v) is 4.36. The maximum atomic E-state index is 13.5. The van der Waals surface area contributed by atoms with Crippen molar-refractivity contribution in [1.82, 2.24) is 20.1 Å². The molecule has 0 saturated heterocycles. The van der Waals surface area contributed by atoms with Gasteiger partial charge in [-0.05, 0) is 42.8 Å². The lowest BCUT2D eigenvalue weighted by Gasteiger charge is -2.15. The lowest BCUT2D eigenvalue weighted by atomic mass is 10.2. The highest BCUT2D eigenvalue weighted by Gasteiger charge is 2.21. The third-order valence-corrected chi connectivity index (χ3v) is 6.38. The van der Waals surface area contributed by atoms with Crippen LogP contribution in [0.25, 0.3) is 11.4 Å². The highest BCUT2D eigenvalue weighted by molar-refractivity contribution is 8.00. The Morgan fingerprint density at radius 1 is 1.03 bits per heavy atom. The van der Waals surface area contributed by atoms with E-state index in [-0.39, 0.29) is 11.7 Å². The predicted octanol–water partition coefficient (Wildman–Crippen LogP) is 4.94. The van der Waals surface area contributed by atoms with Crippen LogP contribution in [0.2, 0.25) is 0 Å². The van der Waals surface area contributed by atoms with Crippen molar-refractivity contribution in [3.8, 4) is 17.1 Å². The van der Waals surface area contributed by atoms with Gasteiger partial charge in [-0.3, -0.25) is 9.36 Å². The summed E-state index contributed by atoms with van der Waals surface area (Å²) in [6.45, 7) is 2.73. The Kier molecular flexibility index (Phi) is 7.59. The van der Waals surface area contributed by atoms with Gasteiger partial charge in [-0.2, -0.15) is 0 Å². The molecule has 1 N–H and O–H groups in total. The summed E-state index contributed by atoms with van der Waals surface area (Å²) in [6, 6.07) is 23.7. The Labute approximate surface area is 202 Å². The Bertz CT molecular complexity index is 1250. The van der Waals surface area contributed by atoms with Crippen LogP contribution in [0, 0.1) is 5.82 Å². The van der Waals surface area contributed by atoms with Crippen LogP contribution in [0.5, 0.6) is 5.75 Å². The molecule has 4 aromatic rings. The fraction of sp³-hybridized carbons (Fsp3) is 0.192. The first-order valence-corrected chi connectivity index (χ1v) is 11.7. The van der Waals surface area contributed by atoms with E-state index in [1.807, 2.05) is 66.1 Å². The van der Waals surface area contributed by atoms with Gasteiger partial charge >= 0.3 is 0 Å². The molecule has 8 heteroatoms. The van der Waals surface area contributed by atoms with Crippen molar-refractivity contribution in [3.63, 3.8) is 0 Å². The van der Waals surface area contributed by atoms with E-state index >= 15 is 0 Å². The van der Waals surface area contributed by atoms with E-state index in [0.717, 1.165) is 22.4 Å². The fourth-order valence-electron chi connectivity index (χ4n) is 3.48. The monoisotopic (exact) mass is 476 g/mol. The van der Waals surface area contributed by atoms with Crippen LogP contribution < -0.4 is 10.1 Å². The molecule has 0 aliphatic rings. The molecule has 1 aromatic heterocycles. The summed E-state index contributed by atoms with van der Waals surface area (Å²) in [5.41, 5.74) is 2.73. The second-order valence-corrected chi connectivity index (χ2v) is 8.98. The molecule has 1 amide bonds. The zero-order valence-electron chi connectivity index (χ0n) is 18.9. The molecule has 0 radical (unpaired) electrons. The molecular weight excluding hydrogens is 451 g/mol. The smallest absolute Gasteiger partial charge is 0.233 e. The van der Waals surface area contributed by atoms with E-state index in [9.17, 15) is 9.18 Å². The Morgan fingerprint density at radius 2 is 1.74 bits per heavy atom. The van der Waals surface area contributed by atoms with Gasteiger partial charge in [0.15, 0.2) is 11.0 Å². The maximum absolute atomic E-state index is 13.5. The van der Waals surface area contributed by atoms with Crippen LogP contribution in [0.15, 0.2) is 84.0 Å². The molecular formula is C26H25FN4O2S. The van der Waals surface area contributed by atoms with Gasteiger partial charge in [0, 0.05) is 17.7 Å². The molecule has 0 aliphatic heterocycles. The summed E-state index contributed by atoms with van der Waals surface area (Å²) >= 11 is 1.33. The number of thioether (sulfide) groups is 1. The molecule has 0 bridgehead atoms. The second-order valence-electron chi connectivity index (χ2n) is 7.67. The second kappa shape index (κ2) is 11.0. The molecule has 4 rings (SSSR count). The van der Waals surface area contributed by atoms with E-state index in [1.165, 1.54) is 23.9 Å². The zero-order valence-corrected chi connectivity index (χ0v) is 19.8. The lowest BCUT2D eigenvalue weighted by molar-refractivity contribution is -0.120. The number of hydrogen-bond acceptors (Lipinski definition) is 5. The number of nitrogens with zero attached hydrogens (tertiary/aromatic N) is 3. The molecule has 174 valence electrons. The van der Waals surface area contributed by atoms with E-state index in [0.29, 0.717) is 24.1 Å². The number of nitrogens with one attached hydrogen (secondary N) is 1. The third kappa shape index (κ3) is 5.63. The van der Waals surface area contributed by atoms with Crippen molar-refractivity contribution in [2.75, 3.05) is 7.11 Å². The molecule has 1 unspecified atom stereocenters. The highest BCUT2D eigenvalue weighted by Crippen LogP contribution is 2.28. The van der Waals surface area contributed by atoms with Gasteiger partial charge < -0.3 is 10.1 Å². The minimum absolute atomic E-state index is 0.117. The number of aromatic nitrogens is 3. The first-order valence-electron chi connectivity index (χ1n) is 10.8. The standard InChI is InChI=1S/C26H25FN4O2S/c1-18(25(32)28-16-21-10-6-7-11-23(21)33-2)34-26-30-29-24(20-12-14-22(27)15-13-20)31(26)17-19-8-4-3-5-9-19/h3-15,18H,16-17H2,1-2H3,(H,28,32). The molecule has 0 saturated carbocycles. The Hall–Kier alpha value is -3.65. The van der Waals surface area contributed by atoms with Crippen molar-refractivity contribution in [1.29, 1.82) is 0 Å². The van der Waals surface area contributed by atoms with Gasteiger partial charge in [-0.1, -0.05) is 60.3 Å². The average Bonchev–Trinajstić information content (AvgIpc) is 3.25. The molecule has 1 atom stereocenters. The van der Waals surface area contributed by atoms with Gasteiger partial charge in [-0.25, -0.2) is 4.39 Å². The SMILES string of the molecule is COc1ccccc1CNC(=O)C(C)Sc1nnc(-c2ccc(F)cc2)n1Cc1ccccc1. The first-order chi connectivity index (χ1) is 16.5. The molecule has 6 nitrogen and oxygen atoms in total. The predicted molar refractivity (Wildman–Crippen MR) is 131 cm³/mol. The van der Waals surface area contributed by atoms with E-state index in [1.54, 1.807) is 19.2 Å². The van der Waals surface area contributed by atoms with E-state index in [2.05, 4.69) is 15.5 Å². The molecule has 0 aliphatic carbocycles. The van der Waals surface area contributed by atoms with Crippen LogP contribution in [0.1, 0.15) is 18.1 Å². The average molecular weight is 477 g/mol. The zero-order chi connectivity index (χ0) is 23.9. The molecule has 0 fully saturated rings.